The van der Waals surface area contributed by atoms with Crippen molar-refractivity contribution in [2.45, 2.75) is 17.7 Å². The van der Waals surface area contributed by atoms with Crippen LogP contribution in [0, 0.1) is 0 Å². The molecule has 0 radical (unpaired) electrons. The van der Waals surface area contributed by atoms with Crippen molar-refractivity contribution in [1.82, 2.24) is 4.31 Å². The van der Waals surface area contributed by atoms with E-state index in [-0.39, 0.29) is 0 Å². The second-order valence-electron chi connectivity index (χ2n) is 5.44. The molecule has 0 saturated carbocycles. The number of rotatable bonds is 2. The molecule has 106 valence electrons. The number of nitrogens with zero attached hydrogens (tertiary/aromatic N) is 1. The van der Waals surface area contributed by atoms with Crippen molar-refractivity contribution in [2.24, 2.45) is 0 Å². The topological polar surface area (TPSA) is 37.4 Å². The molecule has 0 bridgehead atoms. The first kappa shape index (κ1) is 12.7. The summed E-state index contributed by atoms with van der Waals surface area (Å²) < 4.78 is 26.7. The summed E-state index contributed by atoms with van der Waals surface area (Å²) in [5.74, 6) is 0. The first-order chi connectivity index (χ1) is 10.2. The lowest BCUT2D eigenvalue weighted by Crippen LogP contribution is -2.20. The zero-order valence-electron chi connectivity index (χ0n) is 11.5. The summed E-state index contributed by atoms with van der Waals surface area (Å²) in [6.07, 6.45) is 1.63. The minimum atomic E-state index is -3.33. The molecule has 2 aliphatic rings. The van der Waals surface area contributed by atoms with E-state index in [1.54, 1.807) is 16.4 Å². The molecule has 2 aliphatic heterocycles. The van der Waals surface area contributed by atoms with E-state index in [1.165, 1.54) is 11.1 Å². The molecule has 0 saturated heterocycles. The smallest absolute Gasteiger partial charge is 0.265 e. The highest BCUT2D eigenvalue weighted by molar-refractivity contribution is 7.90. The SMILES string of the molecule is O=S1(=O)c2ccccc2C2=C(Cc3ccccc3)CCN21. The van der Waals surface area contributed by atoms with Gasteiger partial charge in [0.05, 0.1) is 10.6 Å². The Bertz CT molecular complexity index is 838. The lowest BCUT2D eigenvalue weighted by molar-refractivity contribution is 0.534. The van der Waals surface area contributed by atoms with E-state index in [9.17, 15) is 8.42 Å². The van der Waals surface area contributed by atoms with Gasteiger partial charge in [0.2, 0.25) is 0 Å². The summed E-state index contributed by atoms with van der Waals surface area (Å²) >= 11 is 0. The molecule has 0 unspecified atom stereocenters. The Morgan fingerprint density at radius 2 is 1.67 bits per heavy atom. The summed E-state index contributed by atoms with van der Waals surface area (Å²) in [6, 6.07) is 17.5. The second kappa shape index (κ2) is 4.46. The zero-order valence-corrected chi connectivity index (χ0v) is 12.3. The molecular formula is C17H15NO2S. The third kappa shape index (κ3) is 1.83. The number of benzene rings is 2. The van der Waals surface area contributed by atoms with Crippen LogP contribution in [0.2, 0.25) is 0 Å². The van der Waals surface area contributed by atoms with Crippen molar-refractivity contribution in [3.05, 3.63) is 71.3 Å². The van der Waals surface area contributed by atoms with Crippen molar-refractivity contribution < 1.29 is 8.42 Å². The molecule has 21 heavy (non-hydrogen) atoms. The summed E-state index contributed by atoms with van der Waals surface area (Å²) in [5, 5.41) is 0. The van der Waals surface area contributed by atoms with Gasteiger partial charge >= 0.3 is 0 Å². The van der Waals surface area contributed by atoms with Crippen LogP contribution < -0.4 is 0 Å². The molecule has 0 fully saturated rings. The maximum Gasteiger partial charge on any atom is 0.265 e. The summed E-state index contributed by atoms with van der Waals surface area (Å²) in [6.45, 7) is 0.564. The Kier molecular flexibility index (Phi) is 2.69. The Labute approximate surface area is 124 Å². The van der Waals surface area contributed by atoms with Crippen LogP contribution in [0.1, 0.15) is 17.5 Å². The van der Waals surface area contributed by atoms with Gasteiger partial charge in [0.25, 0.3) is 10.0 Å². The molecule has 0 atom stereocenters. The van der Waals surface area contributed by atoms with Gasteiger partial charge < -0.3 is 0 Å². The van der Waals surface area contributed by atoms with E-state index >= 15 is 0 Å². The molecule has 0 aromatic heterocycles. The number of fused-ring (bicyclic) bond motifs is 3. The summed E-state index contributed by atoms with van der Waals surface area (Å²) in [4.78, 5) is 0.449. The summed E-state index contributed by atoms with van der Waals surface area (Å²) in [7, 11) is -3.33. The van der Waals surface area contributed by atoms with Gasteiger partial charge in [0.1, 0.15) is 0 Å². The van der Waals surface area contributed by atoms with Gasteiger partial charge in [-0.3, -0.25) is 4.31 Å². The molecule has 4 heteroatoms. The van der Waals surface area contributed by atoms with Crippen LogP contribution in [-0.2, 0) is 16.4 Å². The third-order valence-electron chi connectivity index (χ3n) is 4.17. The largest absolute Gasteiger partial charge is 0.265 e. The molecule has 0 spiro atoms. The highest BCUT2D eigenvalue weighted by Gasteiger charge is 2.42. The van der Waals surface area contributed by atoms with Gasteiger partial charge in [-0.05, 0) is 30.0 Å². The van der Waals surface area contributed by atoms with Gasteiger partial charge in [0.15, 0.2) is 0 Å². The third-order valence-corrected chi connectivity index (χ3v) is 6.03. The highest BCUT2D eigenvalue weighted by atomic mass is 32.2. The quantitative estimate of drug-likeness (QED) is 0.854. The minimum Gasteiger partial charge on any atom is -0.265 e. The van der Waals surface area contributed by atoms with Crippen molar-refractivity contribution in [2.75, 3.05) is 6.54 Å². The van der Waals surface area contributed by atoms with Crippen LogP contribution in [0.4, 0.5) is 0 Å². The van der Waals surface area contributed by atoms with E-state index < -0.39 is 10.0 Å². The molecular weight excluding hydrogens is 282 g/mol. The first-order valence-electron chi connectivity index (χ1n) is 7.06. The molecule has 0 amide bonds. The monoisotopic (exact) mass is 297 g/mol. The van der Waals surface area contributed by atoms with E-state index in [0.717, 1.165) is 24.1 Å². The van der Waals surface area contributed by atoms with Crippen LogP contribution in [0.25, 0.3) is 5.70 Å². The highest BCUT2D eigenvalue weighted by Crippen LogP contribution is 2.45. The lowest BCUT2D eigenvalue weighted by Gasteiger charge is -2.12. The molecule has 0 N–H and O–H groups in total. The van der Waals surface area contributed by atoms with E-state index in [2.05, 4.69) is 12.1 Å². The van der Waals surface area contributed by atoms with Crippen LogP contribution in [0.15, 0.2) is 65.1 Å². The molecule has 4 rings (SSSR count). The first-order valence-corrected chi connectivity index (χ1v) is 8.50. The van der Waals surface area contributed by atoms with Crippen LogP contribution in [0.3, 0.4) is 0 Å². The normalized spacial score (nSPS) is 18.8. The fourth-order valence-corrected chi connectivity index (χ4v) is 4.96. The van der Waals surface area contributed by atoms with E-state index in [4.69, 9.17) is 0 Å². The number of sulfonamides is 1. The molecule has 3 nitrogen and oxygen atoms in total. The van der Waals surface area contributed by atoms with Crippen LogP contribution >= 0.6 is 0 Å². The lowest BCUT2D eigenvalue weighted by atomic mass is 10.00. The van der Waals surface area contributed by atoms with E-state index in [1.807, 2.05) is 30.3 Å². The van der Waals surface area contributed by atoms with Gasteiger partial charge in [-0.2, -0.15) is 0 Å². The Morgan fingerprint density at radius 3 is 2.48 bits per heavy atom. The average molecular weight is 297 g/mol. The predicted octanol–water partition coefficient (Wildman–Crippen LogP) is 3.05. The van der Waals surface area contributed by atoms with E-state index in [0.29, 0.717) is 11.4 Å². The van der Waals surface area contributed by atoms with Gasteiger partial charge in [-0.25, -0.2) is 8.42 Å². The Morgan fingerprint density at radius 1 is 0.952 bits per heavy atom. The number of hydrogen-bond acceptors (Lipinski definition) is 2. The second-order valence-corrected chi connectivity index (χ2v) is 7.27. The maximum absolute atomic E-state index is 12.6. The fourth-order valence-electron chi connectivity index (χ4n) is 3.23. The fraction of sp³-hybridized carbons (Fsp3) is 0.176. The van der Waals surface area contributed by atoms with Crippen LogP contribution in [0.5, 0.6) is 0 Å². The molecule has 2 aromatic carbocycles. The zero-order chi connectivity index (χ0) is 14.4. The average Bonchev–Trinajstić information content (AvgIpc) is 3.01. The van der Waals surface area contributed by atoms with Crippen molar-refractivity contribution in [1.29, 1.82) is 0 Å². The van der Waals surface area contributed by atoms with Crippen molar-refractivity contribution >= 4 is 15.7 Å². The Hall–Kier alpha value is -2.07. The molecule has 2 heterocycles. The predicted molar refractivity (Wildman–Crippen MR) is 82.0 cm³/mol. The van der Waals surface area contributed by atoms with Crippen molar-refractivity contribution in [3.8, 4) is 0 Å². The van der Waals surface area contributed by atoms with Crippen LogP contribution in [-0.4, -0.2) is 19.3 Å². The maximum atomic E-state index is 12.6. The molecule has 0 aliphatic carbocycles. The minimum absolute atomic E-state index is 0.449. The number of hydrogen-bond donors (Lipinski definition) is 0. The van der Waals surface area contributed by atoms with Gasteiger partial charge in [0, 0.05) is 12.1 Å². The van der Waals surface area contributed by atoms with Gasteiger partial charge in [-0.1, -0.05) is 48.5 Å². The van der Waals surface area contributed by atoms with Crippen molar-refractivity contribution in [3.63, 3.8) is 0 Å². The van der Waals surface area contributed by atoms with Gasteiger partial charge in [-0.15, -0.1) is 0 Å². The standard InChI is InChI=1S/C17H15NO2S/c19-21(20)16-9-5-4-8-15(16)17-14(10-11-18(17)21)12-13-6-2-1-3-7-13/h1-9H,10-12H2. The molecule has 2 aromatic rings. The Balaban J connectivity index is 1.86. The summed E-state index contributed by atoms with van der Waals surface area (Å²) in [5.41, 5.74) is 4.22.